The van der Waals surface area contributed by atoms with E-state index in [1.54, 1.807) is 24.3 Å². The van der Waals surface area contributed by atoms with Crippen LogP contribution < -0.4 is 16.8 Å². The molecule has 0 fully saturated rings. The lowest BCUT2D eigenvalue weighted by molar-refractivity contribution is 0.624. The summed E-state index contributed by atoms with van der Waals surface area (Å²) in [5, 5.41) is 11.8. The van der Waals surface area contributed by atoms with Crippen LogP contribution in [0.2, 0.25) is 0 Å². The molecule has 0 unspecified atom stereocenters. The summed E-state index contributed by atoms with van der Waals surface area (Å²) in [7, 11) is 0. The number of halogens is 1. The smallest absolute Gasteiger partial charge is 0.143 e. The van der Waals surface area contributed by atoms with E-state index in [2.05, 4.69) is 5.32 Å². The molecule has 0 aromatic heterocycles. The standard InChI is InChI=1S/C13H11FN4/c14-10-2-1-3-13(9(10)7-15)18-8-4-5-11(16)12(17)6-8/h1-6,18H,16-17H2. The summed E-state index contributed by atoms with van der Waals surface area (Å²) in [6.45, 7) is 0. The van der Waals surface area contributed by atoms with Crippen molar-refractivity contribution in [2.75, 3.05) is 16.8 Å². The van der Waals surface area contributed by atoms with Crippen LogP contribution in [0.15, 0.2) is 36.4 Å². The fraction of sp³-hybridized carbons (Fsp3) is 0. The average molecular weight is 242 g/mol. The summed E-state index contributed by atoms with van der Waals surface area (Å²) in [5.41, 5.74) is 13.2. The van der Waals surface area contributed by atoms with Crippen LogP contribution in [0.5, 0.6) is 0 Å². The molecule has 5 N–H and O–H groups in total. The van der Waals surface area contributed by atoms with E-state index in [1.165, 1.54) is 12.1 Å². The Hall–Kier alpha value is -2.74. The van der Waals surface area contributed by atoms with Gasteiger partial charge in [-0.25, -0.2) is 4.39 Å². The lowest BCUT2D eigenvalue weighted by Gasteiger charge is -2.10. The van der Waals surface area contributed by atoms with Gasteiger partial charge in [-0.1, -0.05) is 6.07 Å². The van der Waals surface area contributed by atoms with Gasteiger partial charge in [0.15, 0.2) is 0 Å². The van der Waals surface area contributed by atoms with Crippen LogP contribution >= 0.6 is 0 Å². The molecule has 90 valence electrons. The Labute approximate surface area is 104 Å². The SMILES string of the molecule is N#Cc1c(F)cccc1Nc1ccc(N)c(N)c1. The van der Waals surface area contributed by atoms with Crippen LogP contribution in [-0.2, 0) is 0 Å². The number of nitrogen functional groups attached to an aromatic ring is 2. The lowest BCUT2D eigenvalue weighted by atomic mass is 10.1. The molecule has 5 heteroatoms. The van der Waals surface area contributed by atoms with E-state index < -0.39 is 5.82 Å². The third kappa shape index (κ3) is 2.18. The van der Waals surface area contributed by atoms with Crippen molar-refractivity contribution in [2.45, 2.75) is 0 Å². The number of nitrogens with one attached hydrogen (secondary N) is 1. The number of anilines is 4. The molecule has 18 heavy (non-hydrogen) atoms. The van der Waals surface area contributed by atoms with Crippen molar-refractivity contribution in [3.63, 3.8) is 0 Å². The highest BCUT2D eigenvalue weighted by Gasteiger charge is 2.08. The summed E-state index contributed by atoms with van der Waals surface area (Å²) in [6, 6.07) is 11.2. The molecule has 0 heterocycles. The van der Waals surface area contributed by atoms with Gasteiger partial charge in [0.2, 0.25) is 0 Å². The largest absolute Gasteiger partial charge is 0.397 e. The monoisotopic (exact) mass is 242 g/mol. The zero-order chi connectivity index (χ0) is 13.1. The summed E-state index contributed by atoms with van der Waals surface area (Å²) < 4.78 is 13.4. The first-order valence-corrected chi connectivity index (χ1v) is 5.22. The second-order valence-corrected chi connectivity index (χ2v) is 3.74. The Morgan fingerprint density at radius 1 is 1.11 bits per heavy atom. The molecule has 0 saturated heterocycles. The predicted molar refractivity (Wildman–Crippen MR) is 69.7 cm³/mol. The number of benzene rings is 2. The van der Waals surface area contributed by atoms with Crippen LogP contribution in [0, 0.1) is 17.1 Å². The first-order valence-electron chi connectivity index (χ1n) is 5.22. The summed E-state index contributed by atoms with van der Waals surface area (Å²) >= 11 is 0. The Morgan fingerprint density at radius 3 is 2.56 bits per heavy atom. The molecule has 0 radical (unpaired) electrons. The van der Waals surface area contributed by atoms with Crippen LogP contribution in [0.25, 0.3) is 0 Å². The normalized spacial score (nSPS) is 9.78. The van der Waals surface area contributed by atoms with E-state index in [-0.39, 0.29) is 5.56 Å². The van der Waals surface area contributed by atoms with Gasteiger partial charge in [-0.3, -0.25) is 0 Å². The molecular weight excluding hydrogens is 231 g/mol. The Kier molecular flexibility index (Phi) is 3.02. The molecule has 0 bridgehead atoms. The molecule has 2 aromatic carbocycles. The van der Waals surface area contributed by atoms with Crippen molar-refractivity contribution in [3.05, 3.63) is 47.8 Å². The van der Waals surface area contributed by atoms with Crippen molar-refractivity contribution < 1.29 is 4.39 Å². The van der Waals surface area contributed by atoms with E-state index >= 15 is 0 Å². The number of nitrogens with zero attached hydrogens (tertiary/aromatic N) is 1. The summed E-state index contributed by atoms with van der Waals surface area (Å²) in [6.07, 6.45) is 0. The van der Waals surface area contributed by atoms with Gasteiger partial charge in [-0.05, 0) is 30.3 Å². The van der Waals surface area contributed by atoms with E-state index in [1.807, 2.05) is 6.07 Å². The maximum atomic E-state index is 13.4. The highest BCUT2D eigenvalue weighted by Crippen LogP contribution is 2.25. The van der Waals surface area contributed by atoms with Crippen molar-refractivity contribution >= 4 is 22.7 Å². The minimum Gasteiger partial charge on any atom is -0.397 e. The molecule has 2 rings (SSSR count). The third-order valence-corrected chi connectivity index (χ3v) is 2.49. The van der Waals surface area contributed by atoms with E-state index in [0.29, 0.717) is 22.7 Å². The summed E-state index contributed by atoms with van der Waals surface area (Å²) in [5.74, 6) is -0.564. The van der Waals surface area contributed by atoms with Gasteiger partial charge >= 0.3 is 0 Å². The Morgan fingerprint density at radius 2 is 1.89 bits per heavy atom. The number of nitriles is 1. The lowest BCUT2D eigenvalue weighted by Crippen LogP contribution is -1.99. The van der Waals surface area contributed by atoms with Crippen LogP contribution in [-0.4, -0.2) is 0 Å². The molecule has 0 aliphatic rings. The molecule has 2 aromatic rings. The predicted octanol–water partition coefficient (Wildman–Crippen LogP) is 2.61. The van der Waals surface area contributed by atoms with E-state index in [9.17, 15) is 4.39 Å². The van der Waals surface area contributed by atoms with Crippen molar-refractivity contribution in [1.29, 1.82) is 5.26 Å². The second kappa shape index (κ2) is 4.63. The maximum absolute atomic E-state index is 13.4. The zero-order valence-electron chi connectivity index (χ0n) is 9.44. The van der Waals surface area contributed by atoms with Crippen LogP contribution in [0.1, 0.15) is 5.56 Å². The highest BCUT2D eigenvalue weighted by atomic mass is 19.1. The molecule has 0 amide bonds. The highest BCUT2D eigenvalue weighted by molar-refractivity contribution is 5.74. The molecule has 0 aliphatic heterocycles. The van der Waals surface area contributed by atoms with Gasteiger partial charge in [-0.15, -0.1) is 0 Å². The maximum Gasteiger partial charge on any atom is 0.143 e. The average Bonchev–Trinajstić information content (AvgIpc) is 2.34. The molecular formula is C13H11FN4. The van der Waals surface area contributed by atoms with Gasteiger partial charge in [0.1, 0.15) is 17.4 Å². The minimum atomic E-state index is -0.564. The second-order valence-electron chi connectivity index (χ2n) is 3.74. The molecule has 0 spiro atoms. The zero-order valence-corrected chi connectivity index (χ0v) is 9.44. The van der Waals surface area contributed by atoms with Gasteiger partial charge in [0, 0.05) is 5.69 Å². The Balaban J connectivity index is 2.37. The van der Waals surface area contributed by atoms with Crippen molar-refractivity contribution in [2.24, 2.45) is 0 Å². The fourth-order valence-electron chi connectivity index (χ4n) is 1.55. The Bertz CT molecular complexity index is 631. The van der Waals surface area contributed by atoms with E-state index in [0.717, 1.165) is 0 Å². The number of rotatable bonds is 2. The van der Waals surface area contributed by atoms with Crippen LogP contribution in [0.3, 0.4) is 0 Å². The van der Waals surface area contributed by atoms with Gasteiger partial charge < -0.3 is 16.8 Å². The fourth-order valence-corrected chi connectivity index (χ4v) is 1.55. The molecule has 4 nitrogen and oxygen atoms in total. The van der Waals surface area contributed by atoms with Gasteiger partial charge in [0.05, 0.1) is 17.1 Å². The van der Waals surface area contributed by atoms with Crippen molar-refractivity contribution in [3.8, 4) is 6.07 Å². The molecule has 0 aliphatic carbocycles. The quantitative estimate of drug-likeness (QED) is 0.706. The van der Waals surface area contributed by atoms with Crippen LogP contribution in [0.4, 0.5) is 27.1 Å². The number of hydrogen-bond donors (Lipinski definition) is 3. The van der Waals surface area contributed by atoms with Gasteiger partial charge in [-0.2, -0.15) is 5.26 Å². The minimum absolute atomic E-state index is 0.0344. The third-order valence-electron chi connectivity index (χ3n) is 2.49. The van der Waals surface area contributed by atoms with Gasteiger partial charge in [0.25, 0.3) is 0 Å². The number of hydrogen-bond acceptors (Lipinski definition) is 4. The molecule has 0 atom stereocenters. The molecule has 0 saturated carbocycles. The first-order chi connectivity index (χ1) is 8.61. The van der Waals surface area contributed by atoms with Crippen molar-refractivity contribution in [1.82, 2.24) is 0 Å². The first kappa shape index (κ1) is 11.7. The van der Waals surface area contributed by atoms with E-state index in [4.69, 9.17) is 16.7 Å². The summed E-state index contributed by atoms with van der Waals surface area (Å²) in [4.78, 5) is 0. The number of nitrogens with two attached hydrogens (primary N) is 2. The topological polar surface area (TPSA) is 87.9 Å².